The molecule has 61 heavy (non-hydrogen) atoms. The maximum absolute atomic E-state index is 12.2. The summed E-state index contributed by atoms with van der Waals surface area (Å²) in [7, 11) is 2.17. The highest BCUT2D eigenvalue weighted by Crippen LogP contribution is 2.49. The number of anilines is 1. The summed E-state index contributed by atoms with van der Waals surface area (Å²) in [4.78, 5) is 12.7. The average Bonchev–Trinajstić information content (AvgIpc) is 3.87. The number of aliphatic hydroxyl groups is 1. The van der Waals surface area contributed by atoms with Crippen molar-refractivity contribution < 1.29 is 23.7 Å². The Morgan fingerprint density at radius 1 is 0.852 bits per heavy atom. The van der Waals surface area contributed by atoms with Crippen LogP contribution >= 0.6 is 11.8 Å². The minimum Gasteiger partial charge on any atom is -0.497 e. The summed E-state index contributed by atoms with van der Waals surface area (Å²) in [6.07, 6.45) is 1.13. The van der Waals surface area contributed by atoms with E-state index in [-0.39, 0.29) is 17.0 Å². The monoisotopic (exact) mass is 858 g/mol. The zero-order valence-corrected chi connectivity index (χ0v) is 38.1. The lowest BCUT2D eigenvalue weighted by Gasteiger charge is -2.43. The normalized spacial score (nSPS) is 21.4. The van der Waals surface area contributed by atoms with Gasteiger partial charge < -0.3 is 28.6 Å². The van der Waals surface area contributed by atoms with Crippen molar-refractivity contribution in [3.63, 3.8) is 0 Å². The van der Waals surface area contributed by atoms with Crippen LogP contribution in [0.4, 0.5) is 5.82 Å². The van der Waals surface area contributed by atoms with Crippen molar-refractivity contribution in [1.29, 1.82) is 0 Å². The van der Waals surface area contributed by atoms with Gasteiger partial charge in [0.2, 0.25) is 0 Å². The maximum atomic E-state index is 12.2. The van der Waals surface area contributed by atoms with E-state index in [1.54, 1.807) is 33.1 Å². The number of ether oxygens (including phenoxy) is 3. The number of aliphatic hydroxyl groups excluding tert-OH is 1. The Bertz CT molecular complexity index is 2340. The molecule has 0 amide bonds. The molecule has 2 aromatic heterocycles. The molecule has 2 fully saturated rings. The van der Waals surface area contributed by atoms with E-state index in [4.69, 9.17) is 38.9 Å². The van der Waals surface area contributed by atoms with Gasteiger partial charge in [-0.2, -0.15) is 0 Å². The van der Waals surface area contributed by atoms with Crippen molar-refractivity contribution in [1.82, 2.24) is 25.0 Å². The molecule has 11 nitrogen and oxygen atoms in total. The van der Waals surface area contributed by atoms with Crippen LogP contribution in [-0.2, 0) is 15.7 Å². The van der Waals surface area contributed by atoms with Gasteiger partial charge in [-0.1, -0.05) is 136 Å². The van der Waals surface area contributed by atoms with E-state index >= 15 is 0 Å². The van der Waals surface area contributed by atoms with Gasteiger partial charge in [0.1, 0.15) is 17.6 Å². The summed E-state index contributed by atoms with van der Waals surface area (Å²) in [5, 5.41) is 24.7. The van der Waals surface area contributed by atoms with E-state index in [2.05, 4.69) is 130 Å². The molecule has 0 radical (unpaired) electrons. The van der Waals surface area contributed by atoms with Gasteiger partial charge in [0.05, 0.1) is 26.4 Å². The SMILES string of the molecule is CCCSc1nc(N(Cc2ccc(OC)cc2OC)C2CC2c2ccccc2)c2nnn([C@H]3C[C@@H](CO[Si](c4ccccc4)(c4ccccc4)C(C)(C)C)[C@H](OC)[C@@H]3O)c2n1. The Kier molecular flexibility index (Phi) is 12.8. The predicted octanol–water partition coefficient (Wildman–Crippen LogP) is 7.82. The number of aromatic nitrogens is 5. The van der Waals surface area contributed by atoms with E-state index in [1.807, 2.05) is 16.8 Å². The smallest absolute Gasteiger partial charge is 0.261 e. The van der Waals surface area contributed by atoms with Crippen molar-refractivity contribution in [2.24, 2.45) is 5.92 Å². The van der Waals surface area contributed by atoms with E-state index in [0.29, 0.717) is 41.8 Å². The molecule has 0 bridgehead atoms. The number of thioether (sulfide) groups is 1. The standard InChI is InChI=1S/C48H58N6O5SSi/c1-8-26-60-47-49-45(53(39-29-38(39)32-18-12-9-13-19-32)30-33-24-25-35(56-5)28-41(33)57-6)42-46(50-47)54(52-51-42)40-27-34(44(58-7)43(40)55)31-59-61(48(2,3)4,36-20-14-10-15-21-36)37-22-16-11-17-23-37/h9-25,28,34,38-40,43-44,55H,8,26-27,29-31H2,1-7H3/t34-,38?,39?,40-,43+,44-/m0/s1. The minimum absolute atomic E-state index is 0.127. The fourth-order valence-electron chi connectivity index (χ4n) is 9.39. The van der Waals surface area contributed by atoms with Crippen molar-refractivity contribution in [3.05, 3.63) is 120 Å². The van der Waals surface area contributed by atoms with Gasteiger partial charge in [0.15, 0.2) is 22.1 Å². The highest BCUT2D eigenvalue weighted by molar-refractivity contribution is 7.99. The van der Waals surface area contributed by atoms with Gasteiger partial charge in [-0.3, -0.25) is 0 Å². The third kappa shape index (κ3) is 8.42. The lowest BCUT2D eigenvalue weighted by atomic mass is 10.1. The van der Waals surface area contributed by atoms with Crippen LogP contribution in [0.1, 0.15) is 70.0 Å². The first-order valence-corrected chi connectivity index (χ1v) is 24.2. The van der Waals surface area contributed by atoms with E-state index in [1.165, 1.54) is 15.9 Å². The second-order valence-electron chi connectivity index (χ2n) is 17.2. The molecule has 2 aliphatic carbocycles. The molecule has 0 saturated heterocycles. The number of methoxy groups -OCH3 is 3. The zero-order valence-electron chi connectivity index (χ0n) is 36.3. The van der Waals surface area contributed by atoms with Crippen molar-refractivity contribution in [3.8, 4) is 11.5 Å². The highest BCUT2D eigenvalue weighted by Gasteiger charge is 2.53. The van der Waals surface area contributed by atoms with Crippen LogP contribution in [0.25, 0.3) is 11.2 Å². The fraction of sp³-hybridized carbons (Fsp3) is 0.417. The third-order valence-corrected chi connectivity index (χ3v) is 18.5. The van der Waals surface area contributed by atoms with Crippen LogP contribution in [0, 0.1) is 5.92 Å². The molecule has 2 unspecified atom stereocenters. The van der Waals surface area contributed by atoms with Gasteiger partial charge in [0.25, 0.3) is 8.32 Å². The summed E-state index contributed by atoms with van der Waals surface area (Å²) in [5.41, 5.74) is 3.49. The Hall–Kier alpha value is -4.79. The predicted molar refractivity (Wildman–Crippen MR) is 245 cm³/mol. The van der Waals surface area contributed by atoms with Crippen LogP contribution in [0.5, 0.6) is 11.5 Å². The van der Waals surface area contributed by atoms with Gasteiger partial charge in [-0.15, -0.1) is 5.10 Å². The third-order valence-electron chi connectivity index (χ3n) is 12.5. The second-order valence-corrected chi connectivity index (χ2v) is 22.6. The first-order chi connectivity index (χ1) is 29.6. The average molecular weight is 859 g/mol. The number of nitrogens with zero attached hydrogens (tertiary/aromatic N) is 6. The summed E-state index contributed by atoms with van der Waals surface area (Å²) >= 11 is 1.62. The van der Waals surface area contributed by atoms with Gasteiger partial charge in [-0.05, 0) is 52.4 Å². The molecule has 320 valence electrons. The summed E-state index contributed by atoms with van der Waals surface area (Å²) < 4.78 is 26.8. The Balaban J connectivity index is 1.17. The quantitative estimate of drug-likeness (QED) is 0.0550. The first-order valence-electron chi connectivity index (χ1n) is 21.4. The van der Waals surface area contributed by atoms with Crippen molar-refractivity contribution in [2.45, 2.75) is 93.9 Å². The van der Waals surface area contributed by atoms with Crippen LogP contribution < -0.4 is 24.7 Å². The zero-order chi connectivity index (χ0) is 42.7. The van der Waals surface area contributed by atoms with Crippen molar-refractivity contribution >= 4 is 47.4 Å². The molecule has 13 heteroatoms. The number of hydrogen-bond acceptors (Lipinski definition) is 11. The first kappa shape index (κ1) is 42.9. The van der Waals surface area contributed by atoms with Crippen molar-refractivity contribution in [2.75, 3.05) is 38.6 Å². The number of rotatable bonds is 17. The van der Waals surface area contributed by atoms with E-state index < -0.39 is 26.6 Å². The molecule has 6 aromatic rings. The summed E-state index contributed by atoms with van der Waals surface area (Å²) in [6.45, 7) is 9.93. The Labute approximate surface area is 364 Å². The van der Waals surface area contributed by atoms with Crippen LogP contribution in [0.2, 0.25) is 5.04 Å². The molecular formula is C48H58N6O5SSi. The largest absolute Gasteiger partial charge is 0.497 e. The van der Waals surface area contributed by atoms with E-state index in [0.717, 1.165) is 41.5 Å². The van der Waals surface area contributed by atoms with Gasteiger partial charge in [-0.25, -0.2) is 14.6 Å². The number of fused-ring (bicyclic) bond motifs is 1. The Morgan fingerprint density at radius 2 is 1.52 bits per heavy atom. The van der Waals surface area contributed by atoms with Gasteiger partial charge >= 0.3 is 0 Å². The van der Waals surface area contributed by atoms with Gasteiger partial charge in [0, 0.05) is 55.5 Å². The van der Waals surface area contributed by atoms with Crippen LogP contribution in [0.15, 0.2) is 114 Å². The maximum Gasteiger partial charge on any atom is 0.261 e. The number of hydrogen-bond donors (Lipinski definition) is 1. The minimum atomic E-state index is -2.85. The fourth-order valence-corrected chi connectivity index (χ4v) is 14.7. The molecule has 6 atom stereocenters. The topological polar surface area (TPSA) is 117 Å². The molecular weight excluding hydrogens is 801 g/mol. The van der Waals surface area contributed by atoms with Crippen LogP contribution in [0.3, 0.4) is 0 Å². The molecule has 1 N–H and O–H groups in total. The highest BCUT2D eigenvalue weighted by atomic mass is 32.2. The second kappa shape index (κ2) is 18.3. The van der Waals surface area contributed by atoms with E-state index in [9.17, 15) is 5.11 Å². The van der Waals surface area contributed by atoms with Crippen LogP contribution in [-0.4, -0.2) is 90.3 Å². The molecule has 2 heterocycles. The molecule has 4 aromatic carbocycles. The summed E-state index contributed by atoms with van der Waals surface area (Å²) in [6, 6.07) is 37.6. The lowest BCUT2D eigenvalue weighted by Crippen LogP contribution is -2.67. The molecule has 0 aliphatic heterocycles. The summed E-state index contributed by atoms with van der Waals surface area (Å²) in [5.74, 6) is 3.23. The molecule has 2 aliphatic rings. The molecule has 2 saturated carbocycles. The molecule has 0 spiro atoms. The Morgan fingerprint density at radius 3 is 2.13 bits per heavy atom. The lowest BCUT2D eigenvalue weighted by molar-refractivity contribution is -0.0320. The number of benzene rings is 4. The molecule has 8 rings (SSSR count).